The van der Waals surface area contributed by atoms with Crippen LogP contribution in [0.5, 0.6) is 0 Å². The molecule has 1 fully saturated rings. The van der Waals surface area contributed by atoms with Crippen LogP contribution in [0.25, 0.3) is 0 Å². The van der Waals surface area contributed by atoms with Crippen molar-refractivity contribution in [2.24, 2.45) is 0 Å². The van der Waals surface area contributed by atoms with Crippen LogP contribution in [0.15, 0.2) is 10.8 Å². The number of likely N-dealkylation sites (tertiary alicyclic amines) is 1. The van der Waals surface area contributed by atoms with Gasteiger partial charge >= 0.3 is 5.97 Å². The lowest BCUT2D eigenvalue weighted by molar-refractivity contribution is -0.141. The average Bonchev–Trinajstić information content (AvgIpc) is 2.84. The number of rotatable bonds is 2. The van der Waals surface area contributed by atoms with E-state index in [1.165, 1.54) is 11.3 Å². The Morgan fingerprint density at radius 3 is 2.94 bits per heavy atom. The third-order valence-electron chi connectivity index (χ3n) is 2.74. The van der Waals surface area contributed by atoms with E-state index in [0.717, 1.165) is 0 Å². The molecule has 1 amide bonds. The number of hydrogen-bond acceptors (Lipinski definition) is 4. The highest BCUT2D eigenvalue weighted by molar-refractivity contribution is 5.95. The Morgan fingerprint density at radius 1 is 1.62 bits per heavy atom. The van der Waals surface area contributed by atoms with E-state index in [9.17, 15) is 9.59 Å². The minimum atomic E-state index is -0.969. The van der Waals surface area contributed by atoms with Crippen molar-refractivity contribution in [1.82, 2.24) is 9.88 Å². The van der Waals surface area contributed by atoms with Crippen molar-refractivity contribution >= 4 is 11.9 Å². The number of carboxylic acid groups (broad SMARTS) is 1. The number of aliphatic carboxylic acids is 1. The Balaban J connectivity index is 2.22. The molecule has 1 N–H and O–H groups in total. The maximum absolute atomic E-state index is 12.0. The summed E-state index contributed by atoms with van der Waals surface area (Å²) in [4.78, 5) is 28.1. The van der Waals surface area contributed by atoms with Crippen molar-refractivity contribution in [3.05, 3.63) is 17.8 Å². The van der Waals surface area contributed by atoms with Crippen molar-refractivity contribution in [1.29, 1.82) is 0 Å². The molecule has 1 saturated heterocycles. The number of aryl methyl sites for hydroxylation is 1. The van der Waals surface area contributed by atoms with Crippen molar-refractivity contribution < 1.29 is 19.1 Å². The van der Waals surface area contributed by atoms with Crippen LogP contribution in [0, 0.1) is 6.92 Å². The molecule has 1 unspecified atom stereocenters. The summed E-state index contributed by atoms with van der Waals surface area (Å²) in [5, 5.41) is 8.96. The molecule has 0 spiro atoms. The van der Waals surface area contributed by atoms with E-state index >= 15 is 0 Å². The number of carbonyl (C=O) groups excluding carboxylic acids is 1. The highest BCUT2D eigenvalue weighted by Gasteiger charge is 2.36. The van der Waals surface area contributed by atoms with Crippen LogP contribution in [-0.2, 0) is 4.79 Å². The molecule has 1 aromatic heterocycles. The molecule has 0 aliphatic carbocycles. The lowest BCUT2D eigenvalue weighted by atomic mass is 10.2. The van der Waals surface area contributed by atoms with E-state index < -0.39 is 12.0 Å². The van der Waals surface area contributed by atoms with Gasteiger partial charge < -0.3 is 14.4 Å². The van der Waals surface area contributed by atoms with Crippen LogP contribution in [0.1, 0.15) is 29.1 Å². The number of nitrogens with zero attached hydrogens (tertiary/aromatic N) is 2. The average molecular weight is 224 g/mol. The minimum absolute atomic E-state index is 0.133. The Morgan fingerprint density at radius 2 is 2.38 bits per heavy atom. The number of hydrogen-bond donors (Lipinski definition) is 1. The van der Waals surface area contributed by atoms with Crippen LogP contribution < -0.4 is 0 Å². The molecule has 0 saturated carbocycles. The van der Waals surface area contributed by atoms with E-state index in [1.54, 1.807) is 6.92 Å². The van der Waals surface area contributed by atoms with Gasteiger partial charge in [-0.1, -0.05) is 0 Å². The molecule has 0 radical (unpaired) electrons. The van der Waals surface area contributed by atoms with Gasteiger partial charge in [0.2, 0.25) is 5.76 Å². The third-order valence-corrected chi connectivity index (χ3v) is 2.74. The van der Waals surface area contributed by atoms with Crippen LogP contribution in [0.2, 0.25) is 0 Å². The van der Waals surface area contributed by atoms with Crippen LogP contribution in [0.4, 0.5) is 0 Å². The largest absolute Gasteiger partial charge is 0.480 e. The molecule has 6 heteroatoms. The van der Waals surface area contributed by atoms with Gasteiger partial charge in [0.15, 0.2) is 6.39 Å². The molecule has 1 aliphatic heterocycles. The maximum Gasteiger partial charge on any atom is 0.326 e. The monoisotopic (exact) mass is 224 g/mol. The van der Waals surface area contributed by atoms with Crippen molar-refractivity contribution in [2.45, 2.75) is 25.8 Å². The molecule has 0 aromatic carbocycles. The van der Waals surface area contributed by atoms with Gasteiger partial charge in [0, 0.05) is 6.54 Å². The first kappa shape index (κ1) is 10.7. The second-order valence-electron chi connectivity index (χ2n) is 3.76. The van der Waals surface area contributed by atoms with Gasteiger partial charge in [-0.05, 0) is 19.8 Å². The Labute approximate surface area is 91.9 Å². The molecular formula is C10H12N2O4. The van der Waals surface area contributed by atoms with Gasteiger partial charge in [0.1, 0.15) is 6.04 Å². The molecule has 16 heavy (non-hydrogen) atoms. The minimum Gasteiger partial charge on any atom is -0.480 e. The summed E-state index contributed by atoms with van der Waals surface area (Å²) in [5.41, 5.74) is 0.487. The Hall–Kier alpha value is -1.85. The van der Waals surface area contributed by atoms with E-state index in [0.29, 0.717) is 25.1 Å². The molecule has 2 rings (SSSR count). The van der Waals surface area contributed by atoms with E-state index in [4.69, 9.17) is 9.52 Å². The van der Waals surface area contributed by atoms with Gasteiger partial charge in [-0.15, -0.1) is 0 Å². The first-order chi connectivity index (χ1) is 7.61. The van der Waals surface area contributed by atoms with Gasteiger partial charge in [-0.3, -0.25) is 4.79 Å². The van der Waals surface area contributed by atoms with Crippen LogP contribution in [0.3, 0.4) is 0 Å². The molecule has 0 bridgehead atoms. The second kappa shape index (κ2) is 3.96. The lowest BCUT2D eigenvalue weighted by Crippen LogP contribution is -2.40. The standard InChI is InChI=1S/C10H12N2O4/c1-6-8(16-5-11-6)9(13)12-4-2-3-7(12)10(14)15/h5,7H,2-4H2,1H3,(H,14,15). The topological polar surface area (TPSA) is 83.6 Å². The van der Waals surface area contributed by atoms with Crippen LogP contribution in [-0.4, -0.2) is 39.5 Å². The molecule has 1 atom stereocenters. The summed E-state index contributed by atoms with van der Waals surface area (Å²) >= 11 is 0. The van der Waals surface area contributed by atoms with Gasteiger partial charge in [0.05, 0.1) is 5.69 Å². The van der Waals surface area contributed by atoms with Gasteiger partial charge in [-0.25, -0.2) is 9.78 Å². The molecule has 1 aromatic rings. The van der Waals surface area contributed by atoms with Gasteiger partial charge in [-0.2, -0.15) is 0 Å². The first-order valence-electron chi connectivity index (χ1n) is 5.05. The summed E-state index contributed by atoms with van der Waals surface area (Å²) < 4.78 is 4.97. The fourth-order valence-electron chi connectivity index (χ4n) is 1.90. The third kappa shape index (κ3) is 1.66. The number of carboxylic acids is 1. The summed E-state index contributed by atoms with van der Waals surface area (Å²) in [6.07, 6.45) is 2.39. The number of aromatic nitrogens is 1. The first-order valence-corrected chi connectivity index (χ1v) is 5.05. The molecular weight excluding hydrogens is 212 g/mol. The molecule has 6 nitrogen and oxygen atoms in total. The number of oxazole rings is 1. The quantitative estimate of drug-likeness (QED) is 0.798. The fourth-order valence-corrected chi connectivity index (χ4v) is 1.90. The fraction of sp³-hybridized carbons (Fsp3) is 0.500. The van der Waals surface area contributed by atoms with Gasteiger partial charge in [0.25, 0.3) is 5.91 Å². The summed E-state index contributed by atoms with van der Waals surface area (Å²) in [6, 6.07) is -0.739. The van der Waals surface area contributed by atoms with Crippen molar-refractivity contribution in [2.75, 3.05) is 6.54 Å². The predicted octanol–water partition coefficient (Wildman–Crippen LogP) is 0.672. The normalized spacial score (nSPS) is 20.1. The highest BCUT2D eigenvalue weighted by Crippen LogP contribution is 2.21. The molecule has 2 heterocycles. The van der Waals surface area contributed by atoms with E-state index in [1.807, 2.05) is 0 Å². The zero-order valence-electron chi connectivity index (χ0n) is 8.84. The summed E-state index contributed by atoms with van der Waals surface area (Å²) in [6.45, 7) is 2.11. The SMILES string of the molecule is Cc1ncoc1C(=O)N1CCCC1C(=O)O. The Kier molecular flexibility index (Phi) is 2.64. The molecule has 86 valence electrons. The maximum atomic E-state index is 12.0. The number of carbonyl (C=O) groups is 2. The highest BCUT2D eigenvalue weighted by atomic mass is 16.4. The van der Waals surface area contributed by atoms with E-state index in [-0.39, 0.29) is 11.7 Å². The van der Waals surface area contributed by atoms with Crippen molar-refractivity contribution in [3.8, 4) is 0 Å². The summed E-state index contributed by atoms with van der Waals surface area (Å²) in [5.74, 6) is -1.23. The number of amides is 1. The van der Waals surface area contributed by atoms with E-state index in [2.05, 4.69) is 4.98 Å². The van der Waals surface area contributed by atoms with Crippen LogP contribution >= 0.6 is 0 Å². The summed E-state index contributed by atoms with van der Waals surface area (Å²) in [7, 11) is 0. The predicted molar refractivity (Wildman–Crippen MR) is 52.9 cm³/mol. The zero-order chi connectivity index (χ0) is 11.7. The van der Waals surface area contributed by atoms with Crippen molar-refractivity contribution in [3.63, 3.8) is 0 Å². The lowest BCUT2D eigenvalue weighted by Gasteiger charge is -2.19. The zero-order valence-corrected chi connectivity index (χ0v) is 8.84. The Bertz CT molecular complexity index is 426. The molecule has 1 aliphatic rings. The second-order valence-corrected chi connectivity index (χ2v) is 3.76. The smallest absolute Gasteiger partial charge is 0.326 e.